The lowest BCUT2D eigenvalue weighted by Crippen LogP contribution is -2.29. The van der Waals surface area contributed by atoms with Gasteiger partial charge in [0.25, 0.3) is 0 Å². The van der Waals surface area contributed by atoms with Crippen molar-refractivity contribution < 1.29 is 17.9 Å². The molecule has 1 unspecified atom stereocenters. The van der Waals surface area contributed by atoms with Crippen LogP contribution in [0, 0.1) is 0 Å². The minimum absolute atomic E-state index is 0. The van der Waals surface area contributed by atoms with Crippen molar-refractivity contribution in [2.24, 2.45) is 0 Å². The summed E-state index contributed by atoms with van der Waals surface area (Å²) in [6, 6.07) is 6.38. The Bertz CT molecular complexity index is 378. The molecule has 0 aromatic heterocycles. The van der Waals surface area contributed by atoms with E-state index in [4.69, 9.17) is 0 Å². The molecule has 1 saturated heterocycles. The zero-order valence-electron chi connectivity index (χ0n) is 9.67. The number of para-hydroxylation sites is 1. The number of ether oxygens (including phenoxy) is 1. The highest BCUT2D eigenvalue weighted by Gasteiger charge is 2.33. The third-order valence-electron chi connectivity index (χ3n) is 2.88. The van der Waals surface area contributed by atoms with E-state index in [1.165, 1.54) is 6.07 Å². The number of piperidine rings is 1. The van der Waals surface area contributed by atoms with Crippen LogP contribution >= 0.6 is 12.4 Å². The molecule has 0 amide bonds. The molecular formula is C12H15ClF3NO. The van der Waals surface area contributed by atoms with E-state index < -0.39 is 6.36 Å². The minimum atomic E-state index is -4.63. The highest BCUT2D eigenvalue weighted by Crippen LogP contribution is 2.33. The van der Waals surface area contributed by atoms with Crippen molar-refractivity contribution in [1.29, 1.82) is 0 Å². The van der Waals surface area contributed by atoms with E-state index in [2.05, 4.69) is 10.1 Å². The fourth-order valence-electron chi connectivity index (χ4n) is 2.15. The number of nitrogens with one attached hydrogen (secondary N) is 1. The summed E-state index contributed by atoms with van der Waals surface area (Å²) in [5.74, 6) is 0.0241. The maximum absolute atomic E-state index is 12.3. The second-order valence-electron chi connectivity index (χ2n) is 4.13. The van der Waals surface area contributed by atoms with Crippen LogP contribution in [-0.2, 0) is 0 Å². The summed E-state index contributed by atoms with van der Waals surface area (Å²) >= 11 is 0. The quantitative estimate of drug-likeness (QED) is 0.896. The molecule has 2 nitrogen and oxygen atoms in total. The lowest BCUT2D eigenvalue weighted by Gasteiger charge is -2.25. The highest BCUT2D eigenvalue weighted by atomic mass is 35.5. The zero-order chi connectivity index (χ0) is 12.3. The number of alkyl halides is 3. The molecule has 1 fully saturated rings. The van der Waals surface area contributed by atoms with Crippen LogP contribution in [0.1, 0.15) is 24.3 Å². The second-order valence-corrected chi connectivity index (χ2v) is 4.13. The molecule has 1 aliphatic rings. The van der Waals surface area contributed by atoms with Crippen LogP contribution in [0.25, 0.3) is 0 Å². The van der Waals surface area contributed by atoms with Crippen molar-refractivity contribution in [2.75, 3.05) is 13.1 Å². The van der Waals surface area contributed by atoms with Gasteiger partial charge in [-0.05, 0) is 31.0 Å². The molecule has 1 aromatic carbocycles. The predicted molar refractivity (Wildman–Crippen MR) is 65.2 cm³/mol. The number of hydrogen-bond acceptors (Lipinski definition) is 2. The smallest absolute Gasteiger partial charge is 0.405 e. The predicted octanol–water partition coefficient (Wildman–Crippen LogP) is 3.47. The van der Waals surface area contributed by atoms with Crippen LogP contribution in [0.15, 0.2) is 24.3 Å². The van der Waals surface area contributed by atoms with Gasteiger partial charge in [-0.2, -0.15) is 0 Å². The summed E-state index contributed by atoms with van der Waals surface area (Å²) in [6.45, 7) is 1.64. The van der Waals surface area contributed by atoms with E-state index >= 15 is 0 Å². The largest absolute Gasteiger partial charge is 0.573 e. The number of benzene rings is 1. The summed E-state index contributed by atoms with van der Waals surface area (Å²) in [5, 5.41) is 3.19. The number of hydrogen-bond donors (Lipinski definition) is 1. The van der Waals surface area contributed by atoms with Crippen molar-refractivity contribution in [2.45, 2.75) is 25.1 Å². The summed E-state index contributed by atoms with van der Waals surface area (Å²) in [5.41, 5.74) is 0.636. The normalized spacial score (nSPS) is 20.1. The van der Waals surface area contributed by atoms with Crippen molar-refractivity contribution >= 4 is 12.4 Å². The Morgan fingerprint density at radius 3 is 2.56 bits per heavy atom. The summed E-state index contributed by atoms with van der Waals surface area (Å²) < 4.78 is 40.8. The molecule has 1 aliphatic heterocycles. The van der Waals surface area contributed by atoms with Crippen LogP contribution in [0.5, 0.6) is 5.75 Å². The third-order valence-corrected chi connectivity index (χ3v) is 2.88. The standard InChI is InChI=1S/C12H14F3NO.ClH/c13-12(14,15)17-11-6-2-1-5-10(11)9-4-3-7-16-8-9;/h1-2,5-6,9,16H,3-4,7-8H2;1H. The molecular weight excluding hydrogens is 267 g/mol. The molecule has 102 valence electrons. The summed E-state index contributed by atoms with van der Waals surface area (Å²) in [6.07, 6.45) is -2.76. The first-order chi connectivity index (χ1) is 8.06. The van der Waals surface area contributed by atoms with Gasteiger partial charge >= 0.3 is 6.36 Å². The minimum Gasteiger partial charge on any atom is -0.405 e. The molecule has 0 saturated carbocycles. The van der Waals surface area contributed by atoms with Crippen molar-refractivity contribution in [1.82, 2.24) is 5.32 Å². The van der Waals surface area contributed by atoms with Gasteiger partial charge in [-0.25, -0.2) is 0 Å². The van der Waals surface area contributed by atoms with Crippen LogP contribution in [0.2, 0.25) is 0 Å². The van der Waals surface area contributed by atoms with E-state index in [-0.39, 0.29) is 24.1 Å². The van der Waals surface area contributed by atoms with Crippen LogP contribution in [-0.4, -0.2) is 19.5 Å². The van der Waals surface area contributed by atoms with Crippen LogP contribution in [0.3, 0.4) is 0 Å². The lowest BCUT2D eigenvalue weighted by atomic mass is 9.91. The maximum Gasteiger partial charge on any atom is 0.573 e. The highest BCUT2D eigenvalue weighted by molar-refractivity contribution is 5.85. The molecule has 1 atom stereocenters. The van der Waals surface area contributed by atoms with E-state index in [1.54, 1.807) is 18.2 Å². The monoisotopic (exact) mass is 281 g/mol. The van der Waals surface area contributed by atoms with Gasteiger partial charge in [0.2, 0.25) is 0 Å². The van der Waals surface area contributed by atoms with Crippen molar-refractivity contribution in [3.63, 3.8) is 0 Å². The van der Waals surface area contributed by atoms with Gasteiger partial charge in [0.15, 0.2) is 0 Å². The number of rotatable bonds is 2. The van der Waals surface area contributed by atoms with Gasteiger partial charge in [-0.3, -0.25) is 0 Å². The molecule has 0 bridgehead atoms. The maximum atomic E-state index is 12.3. The van der Waals surface area contributed by atoms with E-state index in [0.29, 0.717) is 12.1 Å². The van der Waals surface area contributed by atoms with Crippen LogP contribution in [0.4, 0.5) is 13.2 Å². The molecule has 2 rings (SSSR count). The van der Waals surface area contributed by atoms with Gasteiger partial charge in [0, 0.05) is 12.5 Å². The Morgan fingerprint density at radius 1 is 1.22 bits per heavy atom. The molecule has 18 heavy (non-hydrogen) atoms. The average Bonchev–Trinajstić information content (AvgIpc) is 2.29. The van der Waals surface area contributed by atoms with Crippen molar-refractivity contribution in [3.8, 4) is 5.75 Å². The second kappa shape index (κ2) is 6.29. The van der Waals surface area contributed by atoms with Gasteiger partial charge in [-0.15, -0.1) is 25.6 Å². The fraction of sp³-hybridized carbons (Fsp3) is 0.500. The molecule has 0 spiro atoms. The first-order valence-electron chi connectivity index (χ1n) is 5.61. The summed E-state index contributed by atoms with van der Waals surface area (Å²) in [4.78, 5) is 0. The van der Waals surface area contributed by atoms with Crippen LogP contribution < -0.4 is 10.1 Å². The summed E-state index contributed by atoms with van der Waals surface area (Å²) in [7, 11) is 0. The molecule has 0 aliphatic carbocycles. The fourth-order valence-corrected chi connectivity index (χ4v) is 2.15. The SMILES string of the molecule is Cl.FC(F)(F)Oc1ccccc1C1CCCNC1. The van der Waals surface area contributed by atoms with Gasteiger partial charge in [-0.1, -0.05) is 18.2 Å². The first-order valence-corrected chi connectivity index (χ1v) is 5.61. The van der Waals surface area contributed by atoms with E-state index in [1.807, 2.05) is 0 Å². The average molecular weight is 282 g/mol. The molecule has 6 heteroatoms. The van der Waals surface area contributed by atoms with Gasteiger partial charge < -0.3 is 10.1 Å². The Hall–Kier alpha value is -0.940. The molecule has 0 radical (unpaired) electrons. The van der Waals surface area contributed by atoms with Crippen molar-refractivity contribution in [3.05, 3.63) is 29.8 Å². The zero-order valence-corrected chi connectivity index (χ0v) is 10.5. The Kier molecular flexibility index (Phi) is 5.28. The lowest BCUT2D eigenvalue weighted by molar-refractivity contribution is -0.275. The first kappa shape index (κ1) is 15.1. The van der Waals surface area contributed by atoms with E-state index in [0.717, 1.165) is 19.4 Å². The van der Waals surface area contributed by atoms with Gasteiger partial charge in [0.1, 0.15) is 5.75 Å². The molecule has 1 heterocycles. The van der Waals surface area contributed by atoms with Gasteiger partial charge in [0.05, 0.1) is 0 Å². The Balaban J connectivity index is 0.00000162. The third kappa shape index (κ3) is 4.07. The Labute approximate surface area is 110 Å². The number of halogens is 4. The molecule has 1 N–H and O–H groups in total. The Morgan fingerprint density at radius 2 is 1.94 bits per heavy atom. The van der Waals surface area contributed by atoms with E-state index in [9.17, 15) is 13.2 Å². The topological polar surface area (TPSA) is 21.3 Å². The molecule has 1 aromatic rings.